The molecule has 0 bridgehead atoms. The minimum Gasteiger partial charge on any atom is -0.384 e. The van der Waals surface area contributed by atoms with Crippen LogP contribution < -0.4 is 10.6 Å². The summed E-state index contributed by atoms with van der Waals surface area (Å²) in [5.41, 5.74) is 5.86. The molecule has 2 N–H and O–H groups in total. The Hall–Kier alpha value is -1.40. The largest absolute Gasteiger partial charge is 0.384 e. The van der Waals surface area contributed by atoms with E-state index in [2.05, 4.69) is 28.7 Å². The molecule has 1 aliphatic rings. The molecule has 0 amide bonds. The molecular formula is C13H22N4O2. The van der Waals surface area contributed by atoms with Crippen molar-refractivity contribution in [2.24, 2.45) is 0 Å². The lowest BCUT2D eigenvalue weighted by Crippen LogP contribution is -2.27. The molecule has 0 saturated carbocycles. The Balaban J connectivity index is 2.23. The molecule has 19 heavy (non-hydrogen) atoms. The van der Waals surface area contributed by atoms with Gasteiger partial charge in [0.1, 0.15) is 29.7 Å². The first kappa shape index (κ1) is 14.0. The van der Waals surface area contributed by atoms with E-state index in [1.54, 1.807) is 20.3 Å². The van der Waals surface area contributed by atoms with Crippen molar-refractivity contribution in [3.05, 3.63) is 11.9 Å². The summed E-state index contributed by atoms with van der Waals surface area (Å²) in [5.74, 6) is 2.37. The van der Waals surface area contributed by atoms with Crippen LogP contribution in [0.15, 0.2) is 6.07 Å². The Kier molecular flexibility index (Phi) is 4.21. The number of anilines is 2. The highest BCUT2D eigenvalue weighted by Crippen LogP contribution is 2.24. The predicted molar refractivity (Wildman–Crippen MR) is 74.3 cm³/mol. The van der Waals surface area contributed by atoms with E-state index in [1.165, 1.54) is 0 Å². The topological polar surface area (TPSA) is 73.5 Å². The van der Waals surface area contributed by atoms with Crippen molar-refractivity contribution in [3.63, 3.8) is 0 Å². The Morgan fingerprint density at radius 2 is 1.79 bits per heavy atom. The zero-order chi connectivity index (χ0) is 14.0. The molecule has 2 unspecified atom stereocenters. The van der Waals surface area contributed by atoms with Crippen molar-refractivity contribution in [1.82, 2.24) is 9.97 Å². The second-order valence-corrected chi connectivity index (χ2v) is 5.12. The van der Waals surface area contributed by atoms with E-state index in [0.29, 0.717) is 5.82 Å². The molecule has 1 aromatic heterocycles. The van der Waals surface area contributed by atoms with Crippen molar-refractivity contribution >= 4 is 11.6 Å². The number of hydrogen-bond donors (Lipinski definition) is 1. The van der Waals surface area contributed by atoms with Crippen LogP contribution in [0, 0.1) is 0 Å². The monoisotopic (exact) mass is 266 g/mol. The van der Waals surface area contributed by atoms with Gasteiger partial charge in [-0.3, -0.25) is 0 Å². The highest BCUT2D eigenvalue weighted by Gasteiger charge is 2.34. The van der Waals surface area contributed by atoms with Crippen molar-refractivity contribution in [1.29, 1.82) is 0 Å². The van der Waals surface area contributed by atoms with E-state index in [1.807, 2.05) is 0 Å². The summed E-state index contributed by atoms with van der Waals surface area (Å²) in [4.78, 5) is 11.0. The van der Waals surface area contributed by atoms with Gasteiger partial charge < -0.3 is 20.1 Å². The Labute approximate surface area is 113 Å². The average molecular weight is 266 g/mol. The van der Waals surface area contributed by atoms with Crippen LogP contribution in [0.4, 0.5) is 11.6 Å². The number of hydrogen-bond acceptors (Lipinski definition) is 6. The number of methoxy groups -OCH3 is 2. The number of ether oxygens (including phenoxy) is 2. The summed E-state index contributed by atoms with van der Waals surface area (Å²) in [6, 6.07) is 1.80. The summed E-state index contributed by atoms with van der Waals surface area (Å²) in [7, 11) is 3.40. The van der Waals surface area contributed by atoms with Crippen LogP contribution in [-0.4, -0.2) is 49.5 Å². The molecule has 0 spiro atoms. The van der Waals surface area contributed by atoms with Gasteiger partial charge in [-0.05, 0) is 0 Å². The first-order valence-corrected chi connectivity index (χ1v) is 6.50. The molecule has 1 fully saturated rings. The molecule has 0 aromatic carbocycles. The summed E-state index contributed by atoms with van der Waals surface area (Å²) in [6.07, 6.45) is 0.118. The third-order valence-electron chi connectivity index (χ3n) is 3.41. The van der Waals surface area contributed by atoms with Crippen molar-refractivity contribution in [2.75, 3.05) is 37.9 Å². The molecule has 1 aromatic rings. The molecular weight excluding hydrogens is 244 g/mol. The normalized spacial score (nSPS) is 23.3. The lowest BCUT2D eigenvalue weighted by atomic mass is 10.2. The zero-order valence-corrected chi connectivity index (χ0v) is 12.0. The molecule has 6 nitrogen and oxygen atoms in total. The number of nitrogens with two attached hydrogens (primary N) is 1. The number of aromatic nitrogens is 2. The summed E-state index contributed by atoms with van der Waals surface area (Å²) in [5, 5.41) is 0. The minimum absolute atomic E-state index is 0.0590. The second-order valence-electron chi connectivity index (χ2n) is 5.12. The Bertz CT molecular complexity index is 427. The summed E-state index contributed by atoms with van der Waals surface area (Å²) < 4.78 is 10.9. The van der Waals surface area contributed by atoms with Gasteiger partial charge in [0.2, 0.25) is 0 Å². The van der Waals surface area contributed by atoms with Gasteiger partial charge in [0.25, 0.3) is 0 Å². The molecule has 2 rings (SSSR count). The van der Waals surface area contributed by atoms with E-state index < -0.39 is 0 Å². The Morgan fingerprint density at radius 1 is 1.21 bits per heavy atom. The predicted octanol–water partition coefficient (Wildman–Crippen LogP) is 1.03. The maximum absolute atomic E-state index is 5.86. The van der Waals surface area contributed by atoms with Crippen LogP contribution in [0.2, 0.25) is 0 Å². The molecule has 6 heteroatoms. The molecule has 2 atom stereocenters. The number of rotatable bonds is 4. The molecule has 0 radical (unpaired) electrons. The van der Waals surface area contributed by atoms with Crippen LogP contribution in [0.5, 0.6) is 0 Å². The van der Waals surface area contributed by atoms with Gasteiger partial charge in [0, 0.05) is 39.3 Å². The third kappa shape index (κ3) is 2.96. The van der Waals surface area contributed by atoms with Gasteiger partial charge in [0.05, 0.1) is 0 Å². The van der Waals surface area contributed by atoms with Crippen molar-refractivity contribution in [2.45, 2.75) is 32.0 Å². The van der Waals surface area contributed by atoms with Gasteiger partial charge in [0.15, 0.2) is 0 Å². The molecule has 1 aliphatic heterocycles. The number of nitrogen functional groups attached to an aromatic ring is 1. The van der Waals surface area contributed by atoms with E-state index >= 15 is 0 Å². The fourth-order valence-corrected chi connectivity index (χ4v) is 2.28. The average Bonchev–Trinajstić information content (AvgIpc) is 2.81. The Morgan fingerprint density at radius 3 is 2.26 bits per heavy atom. The standard InChI is InChI=1S/C13H22N4O2/c1-8(2)13-15-11(14)5-12(16-13)17-6-9(18-3)10(7-17)19-4/h5,8-10H,6-7H2,1-4H3,(H2,14,15,16). The van der Waals surface area contributed by atoms with Gasteiger partial charge >= 0.3 is 0 Å². The highest BCUT2D eigenvalue weighted by atomic mass is 16.5. The van der Waals surface area contributed by atoms with E-state index in [4.69, 9.17) is 15.2 Å². The minimum atomic E-state index is 0.0590. The lowest BCUT2D eigenvalue weighted by molar-refractivity contribution is -0.00461. The van der Waals surface area contributed by atoms with Gasteiger partial charge in [-0.2, -0.15) is 0 Å². The SMILES string of the molecule is COC1CN(c2cc(N)nc(C(C)C)n2)CC1OC. The third-order valence-corrected chi connectivity index (χ3v) is 3.41. The van der Waals surface area contributed by atoms with E-state index in [0.717, 1.165) is 24.7 Å². The van der Waals surface area contributed by atoms with Crippen LogP contribution in [0.3, 0.4) is 0 Å². The van der Waals surface area contributed by atoms with Gasteiger partial charge in [-0.15, -0.1) is 0 Å². The van der Waals surface area contributed by atoms with Crippen molar-refractivity contribution in [3.8, 4) is 0 Å². The quantitative estimate of drug-likeness (QED) is 0.877. The molecule has 1 saturated heterocycles. The smallest absolute Gasteiger partial charge is 0.135 e. The van der Waals surface area contributed by atoms with Gasteiger partial charge in [-0.25, -0.2) is 9.97 Å². The van der Waals surface area contributed by atoms with E-state index in [-0.39, 0.29) is 18.1 Å². The first-order chi connectivity index (χ1) is 9.05. The van der Waals surface area contributed by atoms with Crippen LogP contribution in [0.25, 0.3) is 0 Å². The van der Waals surface area contributed by atoms with Crippen LogP contribution >= 0.6 is 0 Å². The molecule has 0 aliphatic carbocycles. The fraction of sp³-hybridized carbons (Fsp3) is 0.692. The zero-order valence-electron chi connectivity index (χ0n) is 12.0. The van der Waals surface area contributed by atoms with Gasteiger partial charge in [-0.1, -0.05) is 13.8 Å². The maximum Gasteiger partial charge on any atom is 0.135 e. The second kappa shape index (κ2) is 5.71. The van der Waals surface area contributed by atoms with E-state index in [9.17, 15) is 0 Å². The highest BCUT2D eigenvalue weighted by molar-refractivity contribution is 5.48. The molecule has 106 valence electrons. The lowest BCUT2D eigenvalue weighted by Gasteiger charge is -2.18. The first-order valence-electron chi connectivity index (χ1n) is 6.50. The summed E-state index contributed by atoms with van der Waals surface area (Å²) >= 11 is 0. The maximum atomic E-state index is 5.86. The molecule has 2 heterocycles. The van der Waals surface area contributed by atoms with Crippen LogP contribution in [0.1, 0.15) is 25.6 Å². The van der Waals surface area contributed by atoms with Crippen LogP contribution in [-0.2, 0) is 9.47 Å². The summed E-state index contributed by atoms with van der Waals surface area (Å²) in [6.45, 7) is 5.61. The number of nitrogens with zero attached hydrogens (tertiary/aromatic N) is 3. The fourth-order valence-electron chi connectivity index (χ4n) is 2.28. The van der Waals surface area contributed by atoms with Crippen molar-refractivity contribution < 1.29 is 9.47 Å².